The van der Waals surface area contributed by atoms with Gasteiger partial charge in [-0.3, -0.25) is 10.1 Å². The zero-order valence-corrected chi connectivity index (χ0v) is 15.3. The molecule has 4 nitrogen and oxygen atoms in total. The van der Waals surface area contributed by atoms with Crippen molar-refractivity contribution in [2.75, 3.05) is 11.9 Å². The van der Waals surface area contributed by atoms with Crippen molar-refractivity contribution in [3.8, 4) is 17.0 Å². The summed E-state index contributed by atoms with van der Waals surface area (Å²) in [5.41, 5.74) is 5.21. The monoisotopic (exact) mass is 352 g/mol. The lowest BCUT2D eigenvalue weighted by molar-refractivity contribution is -0.118. The second-order valence-corrected chi connectivity index (χ2v) is 6.80. The molecule has 2 aromatic carbocycles. The Kier molecular flexibility index (Phi) is 5.14. The van der Waals surface area contributed by atoms with Gasteiger partial charge in [0.05, 0.1) is 5.69 Å². The number of carbonyl (C=O) groups excluding carboxylic acids is 1. The molecule has 25 heavy (non-hydrogen) atoms. The fourth-order valence-corrected chi connectivity index (χ4v) is 3.26. The summed E-state index contributed by atoms with van der Waals surface area (Å²) in [7, 11) is 0. The number of aromatic nitrogens is 1. The Labute approximate surface area is 151 Å². The van der Waals surface area contributed by atoms with E-state index in [1.165, 1.54) is 11.3 Å². The number of rotatable bonds is 5. The maximum absolute atomic E-state index is 12.1. The van der Waals surface area contributed by atoms with Crippen molar-refractivity contribution < 1.29 is 9.53 Å². The zero-order valence-electron chi connectivity index (χ0n) is 14.5. The number of ether oxygens (including phenoxy) is 1. The molecule has 0 atom stereocenters. The molecule has 0 aliphatic heterocycles. The van der Waals surface area contributed by atoms with Crippen molar-refractivity contribution in [3.05, 3.63) is 64.5 Å². The van der Waals surface area contributed by atoms with Gasteiger partial charge in [-0.2, -0.15) is 0 Å². The summed E-state index contributed by atoms with van der Waals surface area (Å²) in [6.07, 6.45) is 0. The number of nitrogens with zero attached hydrogens (tertiary/aromatic N) is 1. The molecule has 0 bridgehead atoms. The Morgan fingerprint density at radius 1 is 1.16 bits per heavy atom. The van der Waals surface area contributed by atoms with Crippen LogP contribution in [0.4, 0.5) is 5.13 Å². The fraction of sp³-hybridized carbons (Fsp3) is 0.200. The molecule has 0 saturated heterocycles. The summed E-state index contributed by atoms with van der Waals surface area (Å²) in [6, 6.07) is 13.9. The zero-order chi connectivity index (χ0) is 17.8. The van der Waals surface area contributed by atoms with E-state index in [-0.39, 0.29) is 12.5 Å². The molecule has 0 aliphatic carbocycles. The molecule has 3 rings (SSSR count). The Morgan fingerprint density at radius 2 is 1.92 bits per heavy atom. The first-order valence-corrected chi connectivity index (χ1v) is 8.92. The van der Waals surface area contributed by atoms with Crippen LogP contribution in [0.15, 0.2) is 47.8 Å². The Balaban J connectivity index is 1.61. The number of benzene rings is 2. The summed E-state index contributed by atoms with van der Waals surface area (Å²) in [4.78, 5) is 16.6. The second-order valence-electron chi connectivity index (χ2n) is 5.95. The third-order valence-electron chi connectivity index (χ3n) is 3.94. The van der Waals surface area contributed by atoms with Crippen LogP contribution in [0.5, 0.6) is 5.75 Å². The summed E-state index contributed by atoms with van der Waals surface area (Å²) < 4.78 is 5.69. The summed E-state index contributed by atoms with van der Waals surface area (Å²) in [6.45, 7) is 6.01. The van der Waals surface area contributed by atoms with Crippen LogP contribution in [0.2, 0.25) is 0 Å². The topological polar surface area (TPSA) is 51.2 Å². The molecular formula is C20H20N2O2S. The van der Waals surface area contributed by atoms with E-state index < -0.39 is 0 Å². The first-order valence-electron chi connectivity index (χ1n) is 8.04. The van der Waals surface area contributed by atoms with Gasteiger partial charge < -0.3 is 4.74 Å². The minimum absolute atomic E-state index is 0.0377. The third kappa shape index (κ3) is 4.25. The van der Waals surface area contributed by atoms with Crippen LogP contribution in [-0.2, 0) is 4.79 Å². The van der Waals surface area contributed by atoms with Crippen molar-refractivity contribution in [1.29, 1.82) is 0 Å². The SMILES string of the molecule is Cc1cc(C)c(C)c(OCC(=O)Nc2nc(-c3ccccc3)cs2)c1. The highest BCUT2D eigenvalue weighted by Gasteiger charge is 2.10. The van der Waals surface area contributed by atoms with Crippen molar-refractivity contribution >= 4 is 22.4 Å². The second kappa shape index (κ2) is 7.49. The summed E-state index contributed by atoms with van der Waals surface area (Å²) in [5, 5.41) is 5.30. The van der Waals surface area contributed by atoms with E-state index in [2.05, 4.69) is 16.4 Å². The number of amides is 1. The maximum atomic E-state index is 12.1. The minimum Gasteiger partial charge on any atom is -0.483 e. The highest BCUT2D eigenvalue weighted by molar-refractivity contribution is 7.14. The van der Waals surface area contributed by atoms with Crippen LogP contribution in [0, 0.1) is 20.8 Å². The van der Waals surface area contributed by atoms with Crippen molar-refractivity contribution in [1.82, 2.24) is 4.98 Å². The molecule has 0 radical (unpaired) electrons. The van der Waals surface area contributed by atoms with Crippen LogP contribution >= 0.6 is 11.3 Å². The summed E-state index contributed by atoms with van der Waals surface area (Å²) >= 11 is 1.40. The van der Waals surface area contributed by atoms with Gasteiger partial charge in [-0.15, -0.1) is 11.3 Å². The Bertz CT molecular complexity index is 888. The van der Waals surface area contributed by atoms with E-state index in [1.807, 2.05) is 62.5 Å². The van der Waals surface area contributed by atoms with Crippen LogP contribution in [0.3, 0.4) is 0 Å². The molecule has 128 valence electrons. The predicted octanol–water partition coefficient (Wildman–Crippen LogP) is 4.75. The highest BCUT2D eigenvalue weighted by Crippen LogP contribution is 2.25. The van der Waals surface area contributed by atoms with Gasteiger partial charge in [0, 0.05) is 10.9 Å². The fourth-order valence-electron chi connectivity index (χ4n) is 2.52. The minimum atomic E-state index is -0.215. The smallest absolute Gasteiger partial charge is 0.264 e. The van der Waals surface area contributed by atoms with Gasteiger partial charge in [0.25, 0.3) is 5.91 Å². The van der Waals surface area contributed by atoms with Gasteiger partial charge in [0.2, 0.25) is 0 Å². The predicted molar refractivity (Wildman–Crippen MR) is 102 cm³/mol. The lowest BCUT2D eigenvalue weighted by Gasteiger charge is -2.11. The largest absolute Gasteiger partial charge is 0.483 e. The number of thiazole rings is 1. The first kappa shape index (κ1) is 17.2. The molecular weight excluding hydrogens is 332 g/mol. The van der Waals surface area contributed by atoms with Crippen LogP contribution < -0.4 is 10.1 Å². The van der Waals surface area contributed by atoms with Crippen molar-refractivity contribution in [3.63, 3.8) is 0 Å². The average molecular weight is 352 g/mol. The molecule has 3 aromatic rings. The van der Waals surface area contributed by atoms with Gasteiger partial charge in [-0.1, -0.05) is 36.4 Å². The van der Waals surface area contributed by atoms with E-state index in [0.717, 1.165) is 33.7 Å². The van der Waals surface area contributed by atoms with E-state index in [1.54, 1.807) is 0 Å². The molecule has 0 unspecified atom stereocenters. The number of carbonyl (C=O) groups is 1. The third-order valence-corrected chi connectivity index (χ3v) is 4.70. The van der Waals surface area contributed by atoms with E-state index in [0.29, 0.717) is 5.13 Å². The summed E-state index contributed by atoms with van der Waals surface area (Å²) in [5.74, 6) is 0.532. The molecule has 0 fully saturated rings. The quantitative estimate of drug-likeness (QED) is 0.721. The number of aryl methyl sites for hydroxylation is 2. The van der Waals surface area contributed by atoms with Gasteiger partial charge in [-0.25, -0.2) is 4.98 Å². The van der Waals surface area contributed by atoms with E-state index in [9.17, 15) is 4.79 Å². The molecule has 1 aromatic heterocycles. The number of hydrogen-bond donors (Lipinski definition) is 1. The molecule has 0 spiro atoms. The van der Waals surface area contributed by atoms with Crippen molar-refractivity contribution in [2.45, 2.75) is 20.8 Å². The molecule has 0 aliphatic rings. The van der Waals surface area contributed by atoms with Crippen molar-refractivity contribution in [2.24, 2.45) is 0 Å². The Morgan fingerprint density at radius 3 is 2.68 bits per heavy atom. The van der Waals surface area contributed by atoms with Gasteiger partial charge >= 0.3 is 0 Å². The Hall–Kier alpha value is -2.66. The lowest BCUT2D eigenvalue weighted by atomic mass is 10.1. The van der Waals surface area contributed by atoms with Gasteiger partial charge in [-0.05, 0) is 43.5 Å². The van der Waals surface area contributed by atoms with E-state index >= 15 is 0 Å². The van der Waals surface area contributed by atoms with Gasteiger partial charge in [0.15, 0.2) is 11.7 Å². The molecule has 1 N–H and O–H groups in total. The van der Waals surface area contributed by atoms with Gasteiger partial charge in [0.1, 0.15) is 5.75 Å². The normalized spacial score (nSPS) is 10.5. The molecule has 0 saturated carbocycles. The first-order chi connectivity index (χ1) is 12.0. The van der Waals surface area contributed by atoms with Crippen LogP contribution in [0.1, 0.15) is 16.7 Å². The lowest BCUT2D eigenvalue weighted by Crippen LogP contribution is -2.20. The molecule has 1 amide bonds. The average Bonchev–Trinajstić information content (AvgIpc) is 3.06. The molecule has 1 heterocycles. The molecule has 5 heteroatoms. The standard InChI is InChI=1S/C20H20N2O2S/c1-13-9-14(2)15(3)18(10-13)24-11-19(23)22-20-21-17(12-25-20)16-7-5-4-6-8-16/h4-10,12H,11H2,1-3H3,(H,21,22,23). The maximum Gasteiger partial charge on any atom is 0.264 e. The number of nitrogens with one attached hydrogen (secondary N) is 1. The number of anilines is 1. The van der Waals surface area contributed by atoms with E-state index in [4.69, 9.17) is 4.74 Å². The highest BCUT2D eigenvalue weighted by atomic mass is 32.1. The number of hydrogen-bond acceptors (Lipinski definition) is 4. The van der Waals surface area contributed by atoms with Crippen LogP contribution in [0.25, 0.3) is 11.3 Å². The van der Waals surface area contributed by atoms with Crippen LogP contribution in [-0.4, -0.2) is 17.5 Å².